The van der Waals surface area contributed by atoms with Crippen molar-refractivity contribution in [3.8, 4) is 0 Å². The van der Waals surface area contributed by atoms with Crippen LogP contribution in [-0.4, -0.2) is 28.0 Å². The fourth-order valence-corrected chi connectivity index (χ4v) is 1.21. The SMILES string of the molecule is OCCC(O)C(O)c1ccccc1F. The first-order valence-electron chi connectivity index (χ1n) is 4.38. The number of aliphatic hydroxyl groups excluding tert-OH is 3. The second kappa shape index (κ2) is 5.05. The van der Waals surface area contributed by atoms with E-state index in [1.54, 1.807) is 6.07 Å². The molecular formula is C10H13FO3. The lowest BCUT2D eigenvalue weighted by atomic mass is 10.0. The summed E-state index contributed by atoms with van der Waals surface area (Å²) in [5.74, 6) is -0.558. The molecule has 0 radical (unpaired) electrons. The lowest BCUT2D eigenvalue weighted by Crippen LogP contribution is -2.20. The average molecular weight is 200 g/mol. The van der Waals surface area contributed by atoms with Gasteiger partial charge >= 0.3 is 0 Å². The van der Waals surface area contributed by atoms with E-state index in [9.17, 15) is 14.6 Å². The molecular weight excluding hydrogens is 187 g/mol. The van der Waals surface area contributed by atoms with E-state index in [2.05, 4.69) is 0 Å². The van der Waals surface area contributed by atoms with Crippen molar-refractivity contribution in [2.75, 3.05) is 6.61 Å². The minimum absolute atomic E-state index is 0.0233. The Morgan fingerprint density at radius 2 is 1.86 bits per heavy atom. The van der Waals surface area contributed by atoms with E-state index < -0.39 is 18.0 Å². The van der Waals surface area contributed by atoms with Gasteiger partial charge in [0.15, 0.2) is 0 Å². The van der Waals surface area contributed by atoms with Gasteiger partial charge in [-0.2, -0.15) is 0 Å². The summed E-state index contributed by atoms with van der Waals surface area (Å²) in [6.45, 7) is -0.243. The van der Waals surface area contributed by atoms with Gasteiger partial charge in [0, 0.05) is 12.2 Å². The molecule has 0 spiro atoms. The molecule has 0 heterocycles. The van der Waals surface area contributed by atoms with E-state index in [4.69, 9.17) is 5.11 Å². The third-order valence-electron chi connectivity index (χ3n) is 2.01. The van der Waals surface area contributed by atoms with Gasteiger partial charge in [0.25, 0.3) is 0 Å². The number of halogens is 1. The third-order valence-corrected chi connectivity index (χ3v) is 2.01. The fourth-order valence-electron chi connectivity index (χ4n) is 1.21. The molecule has 0 saturated heterocycles. The standard InChI is InChI=1S/C10H13FO3/c11-8-4-2-1-3-7(8)10(14)9(13)5-6-12/h1-4,9-10,12-14H,5-6H2. The summed E-state index contributed by atoms with van der Waals surface area (Å²) in [6, 6.07) is 5.70. The zero-order chi connectivity index (χ0) is 10.6. The van der Waals surface area contributed by atoms with Gasteiger partial charge in [0.2, 0.25) is 0 Å². The van der Waals surface area contributed by atoms with Crippen LogP contribution in [0, 0.1) is 5.82 Å². The molecule has 1 aromatic rings. The van der Waals surface area contributed by atoms with Gasteiger partial charge in [-0.05, 0) is 12.5 Å². The number of benzene rings is 1. The summed E-state index contributed by atoms with van der Waals surface area (Å²) in [6.07, 6.45) is -2.41. The van der Waals surface area contributed by atoms with E-state index >= 15 is 0 Å². The van der Waals surface area contributed by atoms with Gasteiger partial charge in [-0.3, -0.25) is 0 Å². The molecule has 0 aliphatic heterocycles. The van der Waals surface area contributed by atoms with Crippen molar-refractivity contribution >= 4 is 0 Å². The van der Waals surface area contributed by atoms with Gasteiger partial charge < -0.3 is 15.3 Å². The summed E-state index contributed by atoms with van der Waals surface area (Å²) in [4.78, 5) is 0. The lowest BCUT2D eigenvalue weighted by molar-refractivity contribution is 0.00236. The Morgan fingerprint density at radius 3 is 2.43 bits per heavy atom. The van der Waals surface area contributed by atoms with Crippen molar-refractivity contribution in [3.05, 3.63) is 35.6 Å². The monoisotopic (exact) mass is 200 g/mol. The number of hydrogen-bond acceptors (Lipinski definition) is 3. The summed E-state index contributed by atoms with van der Waals surface area (Å²) in [7, 11) is 0. The van der Waals surface area contributed by atoms with Crippen molar-refractivity contribution in [2.45, 2.75) is 18.6 Å². The summed E-state index contributed by atoms with van der Waals surface area (Å²) < 4.78 is 13.1. The zero-order valence-electron chi connectivity index (χ0n) is 7.60. The van der Waals surface area contributed by atoms with Crippen LogP contribution >= 0.6 is 0 Å². The van der Waals surface area contributed by atoms with Crippen LogP contribution in [0.25, 0.3) is 0 Å². The van der Waals surface area contributed by atoms with Crippen molar-refractivity contribution in [1.29, 1.82) is 0 Å². The Bertz CT molecular complexity index is 290. The van der Waals surface area contributed by atoms with Gasteiger partial charge in [0.1, 0.15) is 11.9 Å². The molecule has 0 bridgehead atoms. The third kappa shape index (κ3) is 2.51. The van der Waals surface area contributed by atoms with E-state index in [-0.39, 0.29) is 18.6 Å². The van der Waals surface area contributed by atoms with Gasteiger partial charge in [-0.25, -0.2) is 4.39 Å². The van der Waals surface area contributed by atoms with E-state index in [0.717, 1.165) is 0 Å². The Labute approximate surface area is 81.4 Å². The van der Waals surface area contributed by atoms with Crippen LogP contribution in [0.5, 0.6) is 0 Å². The molecule has 2 atom stereocenters. The molecule has 1 aromatic carbocycles. The first kappa shape index (κ1) is 11.1. The Hall–Kier alpha value is -0.970. The first-order chi connectivity index (χ1) is 6.66. The minimum Gasteiger partial charge on any atom is -0.396 e. The fraction of sp³-hybridized carbons (Fsp3) is 0.400. The van der Waals surface area contributed by atoms with Crippen LogP contribution in [0.4, 0.5) is 4.39 Å². The summed E-state index contributed by atoms with van der Waals surface area (Å²) in [5.41, 5.74) is 0.0495. The zero-order valence-corrected chi connectivity index (χ0v) is 7.60. The van der Waals surface area contributed by atoms with Gasteiger partial charge in [0.05, 0.1) is 6.10 Å². The van der Waals surface area contributed by atoms with Crippen LogP contribution in [0.2, 0.25) is 0 Å². The first-order valence-corrected chi connectivity index (χ1v) is 4.38. The molecule has 14 heavy (non-hydrogen) atoms. The number of rotatable bonds is 4. The van der Waals surface area contributed by atoms with Crippen molar-refractivity contribution in [2.24, 2.45) is 0 Å². The molecule has 3 nitrogen and oxygen atoms in total. The molecule has 78 valence electrons. The minimum atomic E-state index is -1.29. The second-order valence-electron chi connectivity index (χ2n) is 3.05. The maximum Gasteiger partial charge on any atom is 0.129 e. The molecule has 0 aromatic heterocycles. The summed E-state index contributed by atoms with van der Waals surface area (Å²) in [5, 5.41) is 27.4. The second-order valence-corrected chi connectivity index (χ2v) is 3.05. The van der Waals surface area contributed by atoms with Crippen LogP contribution in [-0.2, 0) is 0 Å². The Balaban J connectivity index is 2.78. The van der Waals surface area contributed by atoms with E-state index in [1.807, 2.05) is 0 Å². The lowest BCUT2D eigenvalue weighted by Gasteiger charge is -2.17. The average Bonchev–Trinajstić information content (AvgIpc) is 2.18. The molecule has 0 aliphatic rings. The van der Waals surface area contributed by atoms with Crippen LogP contribution in [0.3, 0.4) is 0 Å². The highest BCUT2D eigenvalue weighted by molar-refractivity contribution is 5.20. The van der Waals surface area contributed by atoms with Gasteiger partial charge in [-0.15, -0.1) is 0 Å². The van der Waals surface area contributed by atoms with Crippen LogP contribution in [0.15, 0.2) is 24.3 Å². The topological polar surface area (TPSA) is 60.7 Å². The summed E-state index contributed by atoms with van der Waals surface area (Å²) >= 11 is 0. The maximum absolute atomic E-state index is 13.1. The molecule has 2 unspecified atom stereocenters. The van der Waals surface area contributed by atoms with Crippen molar-refractivity contribution < 1.29 is 19.7 Å². The highest BCUT2D eigenvalue weighted by Gasteiger charge is 2.20. The molecule has 0 saturated carbocycles. The molecule has 0 amide bonds. The largest absolute Gasteiger partial charge is 0.396 e. The smallest absolute Gasteiger partial charge is 0.129 e. The number of hydrogen-bond donors (Lipinski definition) is 3. The molecule has 0 aliphatic carbocycles. The molecule has 0 fully saturated rings. The van der Waals surface area contributed by atoms with Crippen LogP contribution < -0.4 is 0 Å². The Morgan fingerprint density at radius 1 is 1.21 bits per heavy atom. The number of aliphatic hydroxyl groups is 3. The van der Waals surface area contributed by atoms with Crippen molar-refractivity contribution in [3.63, 3.8) is 0 Å². The van der Waals surface area contributed by atoms with E-state index in [0.29, 0.717) is 0 Å². The predicted octanol–water partition coefficient (Wildman–Crippen LogP) is 0.602. The quantitative estimate of drug-likeness (QED) is 0.667. The normalized spacial score (nSPS) is 15.1. The predicted molar refractivity (Wildman–Crippen MR) is 49.1 cm³/mol. The molecule has 1 rings (SSSR count). The Kier molecular flexibility index (Phi) is 4.00. The highest BCUT2D eigenvalue weighted by Crippen LogP contribution is 2.21. The van der Waals surface area contributed by atoms with Crippen LogP contribution in [0.1, 0.15) is 18.1 Å². The maximum atomic E-state index is 13.1. The van der Waals surface area contributed by atoms with Gasteiger partial charge in [-0.1, -0.05) is 18.2 Å². The molecule has 4 heteroatoms. The van der Waals surface area contributed by atoms with Crippen molar-refractivity contribution in [1.82, 2.24) is 0 Å². The van der Waals surface area contributed by atoms with E-state index in [1.165, 1.54) is 18.2 Å². The molecule has 3 N–H and O–H groups in total. The highest BCUT2D eigenvalue weighted by atomic mass is 19.1.